The molecule has 13 heteroatoms. The summed E-state index contributed by atoms with van der Waals surface area (Å²) >= 11 is 0. The Hall–Kier alpha value is -2.49. The van der Waals surface area contributed by atoms with Gasteiger partial charge in [0, 0.05) is 5.69 Å². The molecule has 0 unspecified atom stereocenters. The predicted octanol–water partition coefficient (Wildman–Crippen LogP) is -0.146. The van der Waals surface area contributed by atoms with Gasteiger partial charge in [-0.25, -0.2) is 0 Å². The van der Waals surface area contributed by atoms with Gasteiger partial charge in [0.25, 0.3) is 11.6 Å². The van der Waals surface area contributed by atoms with Crippen LogP contribution in [0.2, 0.25) is 0 Å². The van der Waals surface area contributed by atoms with E-state index >= 15 is 0 Å². The largest absolute Gasteiger partial charge is 0.573 e. The van der Waals surface area contributed by atoms with Gasteiger partial charge in [-0.2, -0.15) is 0 Å². The number of halogens is 3. The highest BCUT2D eigenvalue weighted by atomic mass is 19.4. The second kappa shape index (κ2) is 8.70. The first-order chi connectivity index (χ1) is 15.0. The molecule has 2 aromatic carbocycles. The van der Waals surface area contributed by atoms with Gasteiger partial charge in [-0.15, -0.1) is 13.2 Å². The number of nitrogens with zero attached hydrogens (tertiary/aromatic N) is 1. The zero-order chi connectivity index (χ0) is 25.5. The highest BCUT2D eigenvalue weighted by molar-refractivity contribution is 5.53. The van der Waals surface area contributed by atoms with Gasteiger partial charge in [0.1, 0.15) is 11.7 Å². The van der Waals surface area contributed by atoms with E-state index in [1.165, 1.54) is 18.2 Å². The van der Waals surface area contributed by atoms with Crippen LogP contribution in [0.15, 0.2) is 54.6 Å². The number of para-hydroxylation sites is 1. The molecule has 3 rings (SSSR count). The van der Waals surface area contributed by atoms with Gasteiger partial charge in [-0.05, 0) is 29.8 Å². The van der Waals surface area contributed by atoms with E-state index in [1.807, 2.05) is 13.8 Å². The average Bonchev–Trinajstić information content (AvgIpc) is 2.69. The molecular formula is C20H24F3NO9. The molecule has 1 aliphatic heterocycles. The molecule has 0 saturated carbocycles. The summed E-state index contributed by atoms with van der Waals surface area (Å²) in [5.74, 6) is -19.2. The molecule has 184 valence electrons. The van der Waals surface area contributed by atoms with Gasteiger partial charge < -0.3 is 45.6 Å². The maximum absolute atomic E-state index is 12.3. The van der Waals surface area contributed by atoms with Crippen LogP contribution in [0.1, 0.15) is 25.3 Å². The molecule has 33 heavy (non-hydrogen) atoms. The highest BCUT2D eigenvalue weighted by Gasteiger charge is 2.77. The summed E-state index contributed by atoms with van der Waals surface area (Å²) in [6.07, 6.45) is -5.05. The molecule has 0 radical (unpaired) electrons. The van der Waals surface area contributed by atoms with Gasteiger partial charge in [0.15, 0.2) is 0 Å². The van der Waals surface area contributed by atoms with Crippen molar-refractivity contribution in [2.75, 3.05) is 4.90 Å². The predicted molar refractivity (Wildman–Crippen MR) is 105 cm³/mol. The van der Waals surface area contributed by atoms with Crippen LogP contribution < -0.4 is 9.64 Å². The highest BCUT2D eigenvalue weighted by Crippen LogP contribution is 2.53. The number of hydrogen-bond acceptors (Lipinski definition) is 10. The zero-order valence-corrected chi connectivity index (χ0v) is 17.3. The van der Waals surface area contributed by atoms with E-state index in [0.29, 0.717) is 24.3 Å². The quantitative estimate of drug-likeness (QED) is 0.277. The smallest absolute Gasteiger partial charge is 0.406 e. The Morgan fingerprint density at radius 2 is 1.15 bits per heavy atom. The second-order valence-corrected chi connectivity index (χ2v) is 6.94. The van der Waals surface area contributed by atoms with E-state index in [4.69, 9.17) is 0 Å². The van der Waals surface area contributed by atoms with Crippen molar-refractivity contribution in [2.24, 2.45) is 0 Å². The van der Waals surface area contributed by atoms with Crippen LogP contribution in [0.3, 0.4) is 0 Å². The first-order valence-electron chi connectivity index (χ1n) is 9.53. The third kappa shape index (κ3) is 4.49. The van der Waals surface area contributed by atoms with E-state index in [2.05, 4.69) is 4.74 Å². The number of piperidine rings is 1. The number of anilines is 1. The molecule has 0 bridgehead atoms. The summed E-state index contributed by atoms with van der Waals surface area (Å²) in [6.45, 7) is 4.00. The fourth-order valence-corrected chi connectivity index (χ4v) is 3.48. The Balaban J connectivity index is 0.00000187. The third-order valence-electron chi connectivity index (χ3n) is 4.88. The van der Waals surface area contributed by atoms with Gasteiger partial charge in [0.05, 0.1) is 0 Å². The molecule has 0 aromatic heterocycles. The molecule has 0 spiro atoms. The fourth-order valence-electron chi connectivity index (χ4n) is 3.48. The van der Waals surface area contributed by atoms with Crippen molar-refractivity contribution in [3.63, 3.8) is 0 Å². The van der Waals surface area contributed by atoms with Crippen molar-refractivity contribution < 1.29 is 58.8 Å². The summed E-state index contributed by atoms with van der Waals surface area (Å²) in [7, 11) is 0. The molecule has 0 aliphatic carbocycles. The van der Waals surface area contributed by atoms with E-state index in [-0.39, 0.29) is 4.90 Å². The minimum absolute atomic E-state index is 0.252. The summed E-state index contributed by atoms with van der Waals surface area (Å²) in [5, 5.41) is 84.1. The number of hydrogen-bond donors (Lipinski definition) is 8. The molecule has 1 heterocycles. The van der Waals surface area contributed by atoms with Crippen LogP contribution in [0.25, 0.3) is 0 Å². The first-order valence-corrected chi connectivity index (χ1v) is 9.53. The molecular weight excluding hydrogens is 455 g/mol. The molecule has 1 fully saturated rings. The summed E-state index contributed by atoms with van der Waals surface area (Å²) in [5.41, 5.74) is -1.08. The van der Waals surface area contributed by atoms with Crippen molar-refractivity contribution in [1.29, 1.82) is 0 Å². The second-order valence-electron chi connectivity index (χ2n) is 6.94. The van der Waals surface area contributed by atoms with Crippen molar-refractivity contribution in [3.8, 4) is 5.75 Å². The standard InChI is InChI=1S/C18H18F3NO9.C2H6/c19-18(20,21)31-12-8-6-10(7-9-12)13-14(23,24)16(27,28)22(11-4-2-1-3-5-11)17(29,30)15(13,25)26;1-2/h1-9,13,23-30H;1-2H3. The number of aliphatic hydroxyl groups is 8. The molecule has 0 amide bonds. The Labute approximate surface area is 185 Å². The SMILES string of the molecule is CC.OC1(O)C(c2ccc(OC(F)(F)F)cc2)C(O)(O)C(O)(O)N(c2ccccc2)C1(O)O. The lowest BCUT2D eigenvalue weighted by Crippen LogP contribution is -2.86. The minimum atomic E-state index is -5.05. The van der Waals surface area contributed by atoms with Crippen LogP contribution in [0, 0.1) is 0 Å². The Bertz CT molecular complexity index is 904. The van der Waals surface area contributed by atoms with Gasteiger partial charge in [-0.3, -0.25) is 4.90 Å². The first kappa shape index (κ1) is 26.8. The Morgan fingerprint density at radius 1 is 0.727 bits per heavy atom. The lowest BCUT2D eigenvalue weighted by Gasteiger charge is -2.60. The molecule has 10 nitrogen and oxygen atoms in total. The van der Waals surface area contributed by atoms with Crippen molar-refractivity contribution in [3.05, 3.63) is 60.2 Å². The van der Waals surface area contributed by atoms with Crippen LogP contribution in [0.5, 0.6) is 5.75 Å². The van der Waals surface area contributed by atoms with E-state index < -0.39 is 52.7 Å². The normalized spacial score (nSPS) is 21.1. The summed E-state index contributed by atoms with van der Waals surface area (Å²) in [6, 6.07) is 8.90. The number of ether oxygens (including phenoxy) is 1. The summed E-state index contributed by atoms with van der Waals surface area (Å²) in [4.78, 5) is -0.252. The van der Waals surface area contributed by atoms with Crippen molar-refractivity contribution >= 4 is 5.69 Å². The fraction of sp³-hybridized carbons (Fsp3) is 0.400. The molecule has 1 aliphatic rings. The van der Waals surface area contributed by atoms with E-state index in [9.17, 15) is 54.0 Å². The van der Waals surface area contributed by atoms with E-state index in [0.717, 1.165) is 12.1 Å². The van der Waals surface area contributed by atoms with Gasteiger partial charge in [0.2, 0.25) is 0 Å². The Morgan fingerprint density at radius 3 is 1.55 bits per heavy atom. The van der Waals surface area contributed by atoms with Crippen LogP contribution in [0.4, 0.5) is 18.9 Å². The topological polar surface area (TPSA) is 174 Å². The monoisotopic (exact) mass is 479 g/mol. The van der Waals surface area contributed by atoms with Crippen LogP contribution in [-0.4, -0.2) is 70.6 Å². The third-order valence-corrected chi connectivity index (χ3v) is 4.88. The maximum Gasteiger partial charge on any atom is 0.573 e. The van der Waals surface area contributed by atoms with E-state index in [1.54, 1.807) is 0 Å². The lowest BCUT2D eigenvalue weighted by atomic mass is 9.74. The maximum atomic E-state index is 12.3. The lowest BCUT2D eigenvalue weighted by molar-refractivity contribution is -0.483. The van der Waals surface area contributed by atoms with Crippen molar-refractivity contribution in [1.82, 2.24) is 0 Å². The van der Waals surface area contributed by atoms with Crippen molar-refractivity contribution in [2.45, 2.75) is 49.5 Å². The van der Waals surface area contributed by atoms with Gasteiger partial charge in [-0.1, -0.05) is 44.2 Å². The molecule has 1 saturated heterocycles. The molecule has 0 atom stereocenters. The van der Waals surface area contributed by atoms with Crippen LogP contribution >= 0.6 is 0 Å². The minimum Gasteiger partial charge on any atom is -0.406 e. The average molecular weight is 479 g/mol. The van der Waals surface area contributed by atoms with Gasteiger partial charge >= 0.3 is 18.2 Å². The molecule has 8 N–H and O–H groups in total. The number of alkyl halides is 3. The summed E-state index contributed by atoms with van der Waals surface area (Å²) < 4.78 is 40.6. The Kier molecular flexibility index (Phi) is 7.05. The zero-order valence-electron chi connectivity index (χ0n) is 17.3. The molecule has 2 aromatic rings. The number of rotatable bonds is 3. The van der Waals surface area contributed by atoms with Crippen LogP contribution in [-0.2, 0) is 0 Å². The number of benzene rings is 2.